The molecule has 1 aromatic carbocycles. The summed E-state index contributed by atoms with van der Waals surface area (Å²) in [7, 11) is 0. The molecule has 1 rings (SSSR count). The van der Waals surface area contributed by atoms with Gasteiger partial charge in [-0.05, 0) is 31.0 Å². The molecule has 6 heteroatoms. The van der Waals surface area contributed by atoms with Gasteiger partial charge >= 0.3 is 5.97 Å². The second kappa shape index (κ2) is 8.26. The van der Waals surface area contributed by atoms with Crippen LogP contribution in [0.1, 0.15) is 17.5 Å². The number of nitrogens with zero attached hydrogens (tertiary/aromatic N) is 1. The highest BCUT2D eigenvalue weighted by molar-refractivity contribution is 5.78. The zero-order valence-corrected chi connectivity index (χ0v) is 12.3. The highest BCUT2D eigenvalue weighted by atomic mass is 16.5. The van der Waals surface area contributed by atoms with E-state index in [0.29, 0.717) is 5.75 Å². The molecule has 0 spiro atoms. The van der Waals surface area contributed by atoms with Crippen molar-refractivity contribution in [3.8, 4) is 5.75 Å². The molecular formula is C15H21NO5. The highest BCUT2D eigenvalue weighted by Gasteiger charge is 2.15. The normalized spacial score (nSPS) is 10.2. The second-order valence-corrected chi connectivity index (χ2v) is 4.81. The summed E-state index contributed by atoms with van der Waals surface area (Å²) in [6.07, 6.45) is -0.158. The van der Waals surface area contributed by atoms with Gasteiger partial charge in [0.2, 0.25) is 0 Å². The molecule has 1 aromatic rings. The van der Waals surface area contributed by atoms with Crippen LogP contribution in [0.4, 0.5) is 0 Å². The molecule has 0 aliphatic rings. The summed E-state index contributed by atoms with van der Waals surface area (Å²) in [6, 6.07) is 5.70. The number of hydrogen-bond donors (Lipinski definition) is 2. The summed E-state index contributed by atoms with van der Waals surface area (Å²) in [6.45, 7) is 3.58. The minimum absolute atomic E-state index is 0.0604. The molecule has 0 radical (unpaired) electrons. The van der Waals surface area contributed by atoms with Crippen LogP contribution in [0.3, 0.4) is 0 Å². The van der Waals surface area contributed by atoms with Gasteiger partial charge in [0.1, 0.15) is 5.75 Å². The molecule has 0 saturated carbocycles. The van der Waals surface area contributed by atoms with E-state index < -0.39 is 5.97 Å². The van der Waals surface area contributed by atoms with Crippen molar-refractivity contribution >= 4 is 11.9 Å². The Kier molecular flexibility index (Phi) is 6.68. The van der Waals surface area contributed by atoms with E-state index in [-0.39, 0.29) is 38.6 Å². The van der Waals surface area contributed by atoms with E-state index in [9.17, 15) is 9.59 Å². The third-order valence-electron chi connectivity index (χ3n) is 3.01. The average molecular weight is 295 g/mol. The maximum absolute atomic E-state index is 12.0. The molecule has 21 heavy (non-hydrogen) atoms. The number of aliphatic hydroxyl groups excluding tert-OH is 1. The quantitative estimate of drug-likeness (QED) is 0.746. The van der Waals surface area contributed by atoms with Crippen molar-refractivity contribution < 1.29 is 24.5 Å². The number of aryl methyl sites for hydroxylation is 2. The zero-order chi connectivity index (χ0) is 15.8. The van der Waals surface area contributed by atoms with Crippen molar-refractivity contribution in [2.75, 3.05) is 26.3 Å². The Morgan fingerprint density at radius 1 is 1.24 bits per heavy atom. The van der Waals surface area contributed by atoms with E-state index in [1.54, 1.807) is 0 Å². The number of aliphatic hydroxyl groups is 1. The minimum atomic E-state index is -0.985. The summed E-state index contributed by atoms with van der Waals surface area (Å²) in [5.74, 6) is -0.696. The number of benzene rings is 1. The van der Waals surface area contributed by atoms with Gasteiger partial charge in [0.15, 0.2) is 6.61 Å². The maximum Gasteiger partial charge on any atom is 0.305 e. The van der Waals surface area contributed by atoms with E-state index in [2.05, 4.69) is 0 Å². The van der Waals surface area contributed by atoms with Gasteiger partial charge in [-0.3, -0.25) is 9.59 Å². The molecule has 2 N–H and O–H groups in total. The SMILES string of the molecule is Cc1ccc(C)c(OCC(=O)N(CCO)CCC(=O)O)c1. The van der Waals surface area contributed by atoms with Gasteiger partial charge in [-0.1, -0.05) is 12.1 Å². The highest BCUT2D eigenvalue weighted by Crippen LogP contribution is 2.19. The van der Waals surface area contributed by atoms with Gasteiger partial charge in [-0.2, -0.15) is 0 Å². The third-order valence-corrected chi connectivity index (χ3v) is 3.01. The lowest BCUT2D eigenvalue weighted by Crippen LogP contribution is -2.38. The summed E-state index contributed by atoms with van der Waals surface area (Å²) in [5, 5.41) is 17.6. The van der Waals surface area contributed by atoms with Crippen LogP contribution in [0.2, 0.25) is 0 Å². The lowest BCUT2D eigenvalue weighted by Gasteiger charge is -2.21. The van der Waals surface area contributed by atoms with E-state index in [4.69, 9.17) is 14.9 Å². The fourth-order valence-electron chi connectivity index (χ4n) is 1.81. The summed E-state index contributed by atoms with van der Waals surface area (Å²) < 4.78 is 5.49. The molecule has 0 unspecified atom stereocenters. The van der Waals surface area contributed by atoms with Crippen LogP contribution in [-0.4, -0.2) is 53.3 Å². The van der Waals surface area contributed by atoms with Gasteiger partial charge in [0, 0.05) is 13.1 Å². The van der Waals surface area contributed by atoms with Crippen molar-refractivity contribution in [3.05, 3.63) is 29.3 Å². The maximum atomic E-state index is 12.0. The first-order valence-corrected chi connectivity index (χ1v) is 6.74. The molecule has 6 nitrogen and oxygen atoms in total. The number of carbonyl (C=O) groups excluding carboxylic acids is 1. The smallest absolute Gasteiger partial charge is 0.305 e. The first-order chi connectivity index (χ1) is 9.93. The molecule has 0 aliphatic carbocycles. The lowest BCUT2D eigenvalue weighted by molar-refractivity contribution is -0.139. The molecule has 0 bridgehead atoms. The van der Waals surface area contributed by atoms with Crippen LogP contribution in [0.15, 0.2) is 18.2 Å². The van der Waals surface area contributed by atoms with E-state index >= 15 is 0 Å². The van der Waals surface area contributed by atoms with Crippen molar-refractivity contribution in [2.24, 2.45) is 0 Å². The van der Waals surface area contributed by atoms with Crippen LogP contribution >= 0.6 is 0 Å². The minimum Gasteiger partial charge on any atom is -0.483 e. The van der Waals surface area contributed by atoms with E-state index in [1.807, 2.05) is 32.0 Å². The molecular weight excluding hydrogens is 274 g/mol. The Morgan fingerprint density at radius 3 is 2.57 bits per heavy atom. The van der Waals surface area contributed by atoms with Crippen LogP contribution in [0.5, 0.6) is 5.75 Å². The number of rotatable bonds is 8. The first kappa shape index (κ1) is 17.0. The van der Waals surface area contributed by atoms with Gasteiger partial charge in [0.05, 0.1) is 13.0 Å². The molecule has 1 amide bonds. The van der Waals surface area contributed by atoms with Gasteiger partial charge in [-0.25, -0.2) is 0 Å². The number of amides is 1. The van der Waals surface area contributed by atoms with Crippen molar-refractivity contribution in [1.29, 1.82) is 0 Å². The summed E-state index contributed by atoms with van der Waals surface area (Å²) in [5.41, 5.74) is 1.95. The van der Waals surface area contributed by atoms with Crippen LogP contribution in [0.25, 0.3) is 0 Å². The number of carbonyl (C=O) groups is 2. The topological polar surface area (TPSA) is 87.1 Å². The molecule has 0 saturated heterocycles. The Balaban J connectivity index is 2.60. The average Bonchev–Trinajstić information content (AvgIpc) is 2.43. The number of aliphatic carboxylic acids is 1. The van der Waals surface area contributed by atoms with Gasteiger partial charge in [0.25, 0.3) is 5.91 Å². The first-order valence-electron chi connectivity index (χ1n) is 6.74. The van der Waals surface area contributed by atoms with Crippen LogP contribution in [-0.2, 0) is 9.59 Å². The second-order valence-electron chi connectivity index (χ2n) is 4.81. The van der Waals surface area contributed by atoms with E-state index in [0.717, 1.165) is 11.1 Å². The van der Waals surface area contributed by atoms with Crippen molar-refractivity contribution in [1.82, 2.24) is 4.90 Å². The van der Waals surface area contributed by atoms with Gasteiger partial charge in [-0.15, -0.1) is 0 Å². The number of hydrogen-bond acceptors (Lipinski definition) is 4. The van der Waals surface area contributed by atoms with Crippen molar-refractivity contribution in [2.45, 2.75) is 20.3 Å². The Morgan fingerprint density at radius 2 is 1.95 bits per heavy atom. The fraction of sp³-hybridized carbons (Fsp3) is 0.467. The fourth-order valence-corrected chi connectivity index (χ4v) is 1.81. The largest absolute Gasteiger partial charge is 0.483 e. The predicted octanol–water partition coefficient (Wildman–Crippen LogP) is 0.978. The molecule has 0 heterocycles. The van der Waals surface area contributed by atoms with E-state index in [1.165, 1.54) is 4.90 Å². The standard InChI is InChI=1S/C15H21NO5/c1-11-3-4-12(2)13(9-11)21-10-14(18)16(7-8-17)6-5-15(19)20/h3-4,9,17H,5-8,10H2,1-2H3,(H,19,20). The van der Waals surface area contributed by atoms with Crippen LogP contribution in [0, 0.1) is 13.8 Å². The lowest BCUT2D eigenvalue weighted by atomic mass is 10.1. The Bertz CT molecular complexity index is 501. The predicted molar refractivity (Wildman–Crippen MR) is 77.3 cm³/mol. The third kappa shape index (κ3) is 5.83. The number of carboxylic acids is 1. The Hall–Kier alpha value is -2.08. The molecule has 0 fully saturated rings. The molecule has 116 valence electrons. The summed E-state index contributed by atoms with van der Waals surface area (Å²) in [4.78, 5) is 23.9. The molecule has 0 atom stereocenters. The molecule has 0 aliphatic heterocycles. The number of ether oxygens (including phenoxy) is 1. The Labute approximate surface area is 124 Å². The van der Waals surface area contributed by atoms with Gasteiger partial charge < -0.3 is 19.8 Å². The summed E-state index contributed by atoms with van der Waals surface area (Å²) >= 11 is 0. The zero-order valence-electron chi connectivity index (χ0n) is 12.3. The molecule has 0 aromatic heterocycles. The van der Waals surface area contributed by atoms with Crippen LogP contribution < -0.4 is 4.74 Å². The monoisotopic (exact) mass is 295 g/mol. The number of carboxylic acid groups (broad SMARTS) is 1. The van der Waals surface area contributed by atoms with Crippen molar-refractivity contribution in [3.63, 3.8) is 0 Å².